The van der Waals surface area contributed by atoms with Crippen LogP contribution in [0.2, 0.25) is 5.02 Å². The number of halogens is 1. The Morgan fingerprint density at radius 1 is 1.12 bits per heavy atom. The molecular weight excluding hydrogens is 466 g/mol. The zero-order chi connectivity index (χ0) is 23.8. The van der Waals surface area contributed by atoms with Crippen LogP contribution in [0, 0.1) is 5.92 Å². The number of ether oxygens (including phenoxy) is 1. The summed E-state index contributed by atoms with van der Waals surface area (Å²) in [5, 5.41) is 3.35. The van der Waals surface area contributed by atoms with Crippen LogP contribution in [0.25, 0.3) is 0 Å². The summed E-state index contributed by atoms with van der Waals surface area (Å²) >= 11 is 5.82. The number of hydrogen-bond acceptors (Lipinski definition) is 5. The maximum Gasteiger partial charge on any atom is 0.261 e. The van der Waals surface area contributed by atoms with E-state index in [1.807, 2.05) is 0 Å². The molecule has 0 bridgehead atoms. The molecule has 10 heteroatoms. The monoisotopic (exact) mass is 493 g/mol. The molecule has 1 atom stereocenters. The Hall–Kier alpha value is -2.62. The van der Waals surface area contributed by atoms with Gasteiger partial charge in [-0.1, -0.05) is 11.6 Å². The van der Waals surface area contributed by atoms with Crippen LogP contribution in [0.4, 0.5) is 5.69 Å². The van der Waals surface area contributed by atoms with Gasteiger partial charge in [0.1, 0.15) is 0 Å². The fraction of sp³-hybridized carbons (Fsp3) is 0.391. The Labute approximate surface area is 199 Å². The van der Waals surface area contributed by atoms with Crippen LogP contribution >= 0.6 is 11.6 Å². The lowest BCUT2D eigenvalue weighted by Gasteiger charge is -2.32. The van der Waals surface area contributed by atoms with Crippen molar-refractivity contribution in [2.75, 3.05) is 38.1 Å². The van der Waals surface area contributed by atoms with Gasteiger partial charge >= 0.3 is 0 Å². The molecule has 1 heterocycles. The van der Waals surface area contributed by atoms with Crippen LogP contribution in [0.15, 0.2) is 53.4 Å². The molecule has 2 amide bonds. The largest absolute Gasteiger partial charge is 0.385 e. The maximum absolute atomic E-state index is 12.9. The molecule has 33 heavy (non-hydrogen) atoms. The topological polar surface area (TPSA) is 105 Å². The molecular formula is C23H28ClN3O5S. The van der Waals surface area contributed by atoms with E-state index >= 15 is 0 Å². The number of amides is 2. The molecule has 8 nitrogen and oxygen atoms in total. The SMILES string of the molecule is COCCCNC(=O)C1CCCN(C(=O)c2ccc(NS(=O)(=O)c3ccc(Cl)cc3)cc2)C1. The Morgan fingerprint density at radius 3 is 2.48 bits per heavy atom. The predicted molar refractivity (Wildman–Crippen MR) is 127 cm³/mol. The fourth-order valence-corrected chi connectivity index (χ4v) is 4.82. The van der Waals surface area contributed by atoms with Crippen LogP contribution in [0.5, 0.6) is 0 Å². The average molecular weight is 494 g/mol. The van der Waals surface area contributed by atoms with Gasteiger partial charge in [-0.15, -0.1) is 0 Å². The van der Waals surface area contributed by atoms with Crippen molar-refractivity contribution >= 4 is 39.1 Å². The summed E-state index contributed by atoms with van der Waals surface area (Å²) in [6.45, 7) is 2.07. The van der Waals surface area contributed by atoms with E-state index in [1.54, 1.807) is 36.3 Å². The van der Waals surface area contributed by atoms with Crippen LogP contribution < -0.4 is 10.0 Å². The Morgan fingerprint density at radius 2 is 1.82 bits per heavy atom. The predicted octanol–water partition coefficient (Wildman–Crippen LogP) is 3.15. The van der Waals surface area contributed by atoms with E-state index in [0.717, 1.165) is 19.3 Å². The number of piperidine rings is 1. The molecule has 3 rings (SSSR count). The van der Waals surface area contributed by atoms with E-state index in [-0.39, 0.29) is 22.6 Å². The van der Waals surface area contributed by atoms with Crippen molar-refractivity contribution in [2.45, 2.75) is 24.2 Å². The van der Waals surface area contributed by atoms with Crippen molar-refractivity contribution in [1.29, 1.82) is 0 Å². The van der Waals surface area contributed by atoms with Gasteiger partial charge in [0, 0.05) is 49.6 Å². The maximum atomic E-state index is 12.9. The van der Waals surface area contributed by atoms with Gasteiger partial charge in [-0.2, -0.15) is 0 Å². The molecule has 1 aliphatic rings. The number of nitrogens with one attached hydrogen (secondary N) is 2. The summed E-state index contributed by atoms with van der Waals surface area (Å²) < 4.78 is 32.5. The zero-order valence-electron chi connectivity index (χ0n) is 18.4. The lowest BCUT2D eigenvalue weighted by molar-refractivity contribution is -0.126. The highest BCUT2D eigenvalue weighted by Crippen LogP contribution is 2.22. The third kappa shape index (κ3) is 6.93. The summed E-state index contributed by atoms with van der Waals surface area (Å²) in [6, 6.07) is 12.1. The van der Waals surface area contributed by atoms with Crippen molar-refractivity contribution in [1.82, 2.24) is 10.2 Å². The first kappa shape index (κ1) is 25.0. The van der Waals surface area contributed by atoms with Crippen molar-refractivity contribution in [3.8, 4) is 0 Å². The average Bonchev–Trinajstić information content (AvgIpc) is 2.82. The lowest BCUT2D eigenvalue weighted by atomic mass is 9.96. The van der Waals surface area contributed by atoms with E-state index < -0.39 is 10.0 Å². The van der Waals surface area contributed by atoms with Crippen LogP contribution in [-0.2, 0) is 19.6 Å². The number of hydrogen-bond donors (Lipinski definition) is 2. The Balaban J connectivity index is 1.59. The standard InChI is InChI=1S/C23H28ClN3O5S/c1-32-15-3-13-25-22(28)18-4-2-14-27(16-18)23(29)17-5-9-20(10-6-17)26-33(30,31)21-11-7-19(24)8-12-21/h5-12,18,26H,2-4,13-16H2,1H3,(H,25,28). The Bertz CT molecular complexity index is 1060. The summed E-state index contributed by atoms with van der Waals surface area (Å²) in [4.78, 5) is 27.1. The summed E-state index contributed by atoms with van der Waals surface area (Å²) in [6.07, 6.45) is 2.23. The normalized spacial score (nSPS) is 16.3. The van der Waals surface area contributed by atoms with Gasteiger partial charge in [-0.05, 0) is 67.8 Å². The van der Waals surface area contributed by atoms with Gasteiger partial charge in [0.05, 0.1) is 10.8 Å². The molecule has 0 aliphatic carbocycles. The first-order chi connectivity index (χ1) is 15.8. The van der Waals surface area contributed by atoms with Crippen LogP contribution in [0.3, 0.4) is 0 Å². The highest BCUT2D eigenvalue weighted by molar-refractivity contribution is 7.92. The number of carbonyl (C=O) groups excluding carboxylic acids is 2. The van der Waals surface area contributed by atoms with Crippen molar-refractivity contribution in [3.63, 3.8) is 0 Å². The molecule has 1 aliphatic heterocycles. The van der Waals surface area contributed by atoms with Gasteiger partial charge in [0.25, 0.3) is 15.9 Å². The quantitative estimate of drug-likeness (QED) is 0.522. The third-order valence-electron chi connectivity index (χ3n) is 5.41. The number of rotatable bonds is 9. The number of likely N-dealkylation sites (tertiary alicyclic amines) is 1. The van der Waals surface area contributed by atoms with Crippen molar-refractivity contribution in [3.05, 3.63) is 59.1 Å². The summed E-state index contributed by atoms with van der Waals surface area (Å²) in [5.74, 6) is -0.467. The number of anilines is 1. The molecule has 2 aromatic carbocycles. The molecule has 2 aromatic rings. The first-order valence-electron chi connectivity index (χ1n) is 10.7. The summed E-state index contributed by atoms with van der Waals surface area (Å²) in [7, 11) is -2.15. The highest BCUT2D eigenvalue weighted by atomic mass is 35.5. The number of nitrogens with zero attached hydrogens (tertiary/aromatic N) is 1. The minimum atomic E-state index is -3.77. The number of sulfonamides is 1. The molecule has 1 saturated heterocycles. The smallest absolute Gasteiger partial charge is 0.261 e. The van der Waals surface area contributed by atoms with Gasteiger partial charge in [0.15, 0.2) is 0 Å². The minimum Gasteiger partial charge on any atom is -0.385 e. The number of methoxy groups -OCH3 is 1. The molecule has 0 aromatic heterocycles. The van der Waals surface area contributed by atoms with E-state index in [9.17, 15) is 18.0 Å². The van der Waals surface area contributed by atoms with E-state index in [0.29, 0.717) is 42.5 Å². The fourth-order valence-electron chi connectivity index (χ4n) is 3.64. The highest BCUT2D eigenvalue weighted by Gasteiger charge is 2.28. The molecule has 1 unspecified atom stereocenters. The first-order valence-corrected chi connectivity index (χ1v) is 12.6. The molecule has 178 valence electrons. The molecule has 1 fully saturated rings. The van der Waals surface area contributed by atoms with E-state index in [1.165, 1.54) is 24.3 Å². The van der Waals surface area contributed by atoms with Gasteiger partial charge in [0.2, 0.25) is 5.91 Å². The second-order valence-electron chi connectivity index (χ2n) is 7.86. The van der Waals surface area contributed by atoms with E-state index in [2.05, 4.69) is 10.0 Å². The van der Waals surface area contributed by atoms with Gasteiger partial charge in [-0.25, -0.2) is 8.42 Å². The van der Waals surface area contributed by atoms with Gasteiger partial charge < -0.3 is 15.0 Å². The molecule has 0 saturated carbocycles. The molecule has 0 spiro atoms. The zero-order valence-corrected chi connectivity index (χ0v) is 20.0. The second-order valence-corrected chi connectivity index (χ2v) is 9.98. The molecule has 2 N–H and O–H groups in total. The number of carbonyl (C=O) groups is 2. The second kappa shape index (κ2) is 11.5. The molecule has 0 radical (unpaired) electrons. The van der Waals surface area contributed by atoms with Crippen LogP contribution in [-0.4, -0.2) is 58.5 Å². The van der Waals surface area contributed by atoms with Crippen molar-refractivity contribution < 1.29 is 22.7 Å². The van der Waals surface area contributed by atoms with Gasteiger partial charge in [-0.3, -0.25) is 14.3 Å². The third-order valence-corrected chi connectivity index (χ3v) is 7.06. The summed E-state index contributed by atoms with van der Waals surface area (Å²) in [5.41, 5.74) is 0.777. The van der Waals surface area contributed by atoms with Crippen molar-refractivity contribution in [2.24, 2.45) is 5.92 Å². The lowest BCUT2D eigenvalue weighted by Crippen LogP contribution is -2.45. The Kier molecular flexibility index (Phi) is 8.71. The number of benzene rings is 2. The van der Waals surface area contributed by atoms with Crippen LogP contribution in [0.1, 0.15) is 29.6 Å². The van der Waals surface area contributed by atoms with E-state index in [4.69, 9.17) is 16.3 Å². The minimum absolute atomic E-state index is 0.0458.